The number of quaternary nitrogens is 1. The van der Waals surface area contributed by atoms with E-state index < -0.39 is 36.6 Å². The monoisotopic (exact) mass is 250 g/mol. The molecule has 0 spiro atoms. The van der Waals surface area contributed by atoms with Gasteiger partial charge < -0.3 is 29.3 Å². The molecule has 1 saturated heterocycles. The second kappa shape index (κ2) is 4.87. The van der Waals surface area contributed by atoms with Crippen molar-refractivity contribution in [3.05, 3.63) is 0 Å². The second-order valence-electron chi connectivity index (χ2n) is 5.06. The van der Waals surface area contributed by atoms with Crippen molar-refractivity contribution in [2.75, 3.05) is 28.3 Å². The normalized spacial score (nSPS) is 38.9. The van der Waals surface area contributed by atoms with Gasteiger partial charge in [-0.25, -0.2) is 4.79 Å². The molecule has 1 aliphatic rings. The fraction of sp³-hybridized carbons (Fsp3) is 0.900. The molecule has 0 aliphatic carbocycles. The summed E-state index contributed by atoms with van der Waals surface area (Å²) in [5.74, 6) is -0.776. The van der Waals surface area contributed by atoms with E-state index in [-0.39, 0.29) is 4.48 Å². The summed E-state index contributed by atoms with van der Waals surface area (Å²) in [6.45, 7) is 0. The minimum atomic E-state index is -1.52. The van der Waals surface area contributed by atoms with E-state index in [1.54, 1.807) is 21.1 Å². The minimum Gasteiger partial charge on any atom is -0.467 e. The SMILES string of the molecule is COC(=O)C1OC(O)C(O)C([N+](C)(C)C)[C@H]1O. The molecule has 100 valence electrons. The summed E-state index contributed by atoms with van der Waals surface area (Å²) in [4.78, 5) is 11.4. The van der Waals surface area contributed by atoms with Crippen LogP contribution >= 0.6 is 0 Å². The Morgan fingerprint density at radius 2 is 1.71 bits per heavy atom. The maximum absolute atomic E-state index is 11.4. The first-order chi connectivity index (χ1) is 7.70. The lowest BCUT2D eigenvalue weighted by Gasteiger charge is -2.45. The van der Waals surface area contributed by atoms with Crippen molar-refractivity contribution in [2.24, 2.45) is 0 Å². The van der Waals surface area contributed by atoms with Crippen LogP contribution in [0.5, 0.6) is 0 Å². The molecule has 0 amide bonds. The second-order valence-corrected chi connectivity index (χ2v) is 5.06. The number of rotatable bonds is 2. The summed E-state index contributed by atoms with van der Waals surface area (Å²) >= 11 is 0. The smallest absolute Gasteiger partial charge is 0.338 e. The Balaban J connectivity index is 2.99. The van der Waals surface area contributed by atoms with Crippen molar-refractivity contribution in [2.45, 2.75) is 30.6 Å². The van der Waals surface area contributed by atoms with Crippen molar-refractivity contribution in [1.82, 2.24) is 0 Å². The molecule has 0 aromatic heterocycles. The third kappa shape index (κ3) is 2.75. The van der Waals surface area contributed by atoms with Gasteiger partial charge in [0.05, 0.1) is 28.3 Å². The zero-order valence-corrected chi connectivity index (χ0v) is 10.4. The van der Waals surface area contributed by atoms with Crippen molar-refractivity contribution in [1.29, 1.82) is 0 Å². The number of hydrogen-bond donors (Lipinski definition) is 3. The van der Waals surface area contributed by atoms with Crippen LogP contribution in [0.2, 0.25) is 0 Å². The summed E-state index contributed by atoms with van der Waals surface area (Å²) < 4.78 is 9.52. The van der Waals surface area contributed by atoms with E-state index in [0.29, 0.717) is 0 Å². The van der Waals surface area contributed by atoms with Gasteiger partial charge in [-0.2, -0.15) is 0 Å². The zero-order valence-electron chi connectivity index (χ0n) is 10.4. The number of ether oxygens (including phenoxy) is 2. The Bertz CT molecular complexity index is 289. The van der Waals surface area contributed by atoms with Crippen LogP contribution in [0.15, 0.2) is 0 Å². The lowest BCUT2D eigenvalue weighted by molar-refractivity contribution is -0.906. The summed E-state index contributed by atoms with van der Waals surface area (Å²) in [7, 11) is 6.38. The first-order valence-corrected chi connectivity index (χ1v) is 5.28. The average Bonchev–Trinajstić information content (AvgIpc) is 2.20. The van der Waals surface area contributed by atoms with E-state index in [0.717, 1.165) is 7.11 Å². The predicted octanol–water partition coefficient (Wildman–Crippen LogP) is -2.33. The molecule has 4 unspecified atom stereocenters. The lowest BCUT2D eigenvalue weighted by Crippen LogP contribution is -2.69. The van der Waals surface area contributed by atoms with E-state index in [2.05, 4.69) is 4.74 Å². The van der Waals surface area contributed by atoms with Gasteiger partial charge in [0.15, 0.2) is 18.5 Å². The molecule has 7 heteroatoms. The Morgan fingerprint density at radius 1 is 1.18 bits per heavy atom. The quantitative estimate of drug-likeness (QED) is 0.376. The van der Waals surface area contributed by atoms with Gasteiger partial charge in [0.2, 0.25) is 0 Å². The Morgan fingerprint density at radius 3 is 2.12 bits per heavy atom. The minimum absolute atomic E-state index is 0.177. The van der Waals surface area contributed by atoms with Crippen LogP contribution < -0.4 is 0 Å². The third-order valence-corrected chi connectivity index (χ3v) is 2.92. The van der Waals surface area contributed by atoms with Crippen LogP contribution in [-0.2, 0) is 14.3 Å². The summed E-state index contributed by atoms with van der Waals surface area (Å²) in [5.41, 5.74) is 0. The third-order valence-electron chi connectivity index (χ3n) is 2.92. The fourth-order valence-corrected chi connectivity index (χ4v) is 2.09. The Hall–Kier alpha value is -0.730. The highest BCUT2D eigenvalue weighted by atomic mass is 16.7. The van der Waals surface area contributed by atoms with Crippen LogP contribution in [-0.4, -0.2) is 84.7 Å². The van der Waals surface area contributed by atoms with Gasteiger partial charge in [-0.05, 0) is 0 Å². The van der Waals surface area contributed by atoms with Gasteiger partial charge in [0, 0.05) is 0 Å². The van der Waals surface area contributed by atoms with Crippen molar-refractivity contribution in [3.8, 4) is 0 Å². The van der Waals surface area contributed by atoms with E-state index in [9.17, 15) is 20.1 Å². The van der Waals surface area contributed by atoms with Gasteiger partial charge >= 0.3 is 5.97 Å². The molecular weight excluding hydrogens is 230 g/mol. The molecule has 17 heavy (non-hydrogen) atoms. The molecule has 0 aromatic carbocycles. The number of likely N-dealkylation sites (N-methyl/N-ethyl adjacent to an activating group) is 1. The van der Waals surface area contributed by atoms with Crippen molar-refractivity contribution >= 4 is 5.97 Å². The number of carbonyl (C=O) groups excluding carboxylic acids is 1. The maximum atomic E-state index is 11.4. The van der Waals surface area contributed by atoms with E-state index in [1.165, 1.54) is 0 Å². The molecule has 0 saturated carbocycles. The molecule has 1 fully saturated rings. The number of aliphatic hydroxyl groups is 3. The Kier molecular flexibility index (Phi) is 4.11. The molecule has 3 N–H and O–H groups in total. The van der Waals surface area contributed by atoms with Crippen LogP contribution in [0.3, 0.4) is 0 Å². The summed E-state index contributed by atoms with van der Waals surface area (Å²) in [6.07, 6.45) is -5.34. The number of methoxy groups -OCH3 is 1. The lowest BCUT2D eigenvalue weighted by atomic mass is 9.93. The van der Waals surface area contributed by atoms with Crippen LogP contribution in [0.1, 0.15) is 0 Å². The average molecular weight is 250 g/mol. The van der Waals surface area contributed by atoms with Gasteiger partial charge in [0.25, 0.3) is 0 Å². The summed E-state index contributed by atoms with van der Waals surface area (Å²) in [5, 5.41) is 29.4. The van der Waals surface area contributed by atoms with Gasteiger partial charge in [-0.1, -0.05) is 0 Å². The topological polar surface area (TPSA) is 96.2 Å². The first kappa shape index (κ1) is 14.3. The van der Waals surface area contributed by atoms with Crippen LogP contribution in [0.4, 0.5) is 0 Å². The molecule has 0 radical (unpaired) electrons. The van der Waals surface area contributed by atoms with Crippen molar-refractivity contribution < 1.29 is 34.1 Å². The standard InChI is InChI=1S/C10H20NO6/c1-11(2,3)5-6(12)8(10(15)16-4)17-9(14)7(5)13/h5-9,12-14H,1-4H3/q+1/t5?,6-,7?,8?,9?/m1/s1. The molecule has 0 bridgehead atoms. The van der Waals surface area contributed by atoms with Crippen molar-refractivity contribution in [3.63, 3.8) is 0 Å². The fourth-order valence-electron chi connectivity index (χ4n) is 2.09. The number of nitrogens with zero attached hydrogens (tertiary/aromatic N) is 1. The molecule has 5 atom stereocenters. The van der Waals surface area contributed by atoms with E-state index >= 15 is 0 Å². The highest BCUT2D eigenvalue weighted by molar-refractivity contribution is 5.75. The number of esters is 1. The molecule has 7 nitrogen and oxygen atoms in total. The van der Waals surface area contributed by atoms with Gasteiger partial charge in [-0.3, -0.25) is 0 Å². The maximum Gasteiger partial charge on any atom is 0.338 e. The van der Waals surface area contributed by atoms with E-state index in [1.807, 2.05) is 0 Å². The van der Waals surface area contributed by atoms with Gasteiger partial charge in [-0.15, -0.1) is 0 Å². The van der Waals surface area contributed by atoms with Crippen LogP contribution in [0, 0.1) is 0 Å². The highest BCUT2D eigenvalue weighted by Crippen LogP contribution is 2.26. The molecule has 1 heterocycles. The number of hydrogen-bond acceptors (Lipinski definition) is 6. The Labute approximate surface area is 99.8 Å². The predicted molar refractivity (Wildman–Crippen MR) is 56.7 cm³/mol. The molecular formula is C10H20NO6+. The van der Waals surface area contributed by atoms with E-state index in [4.69, 9.17) is 4.74 Å². The molecule has 1 aliphatic heterocycles. The number of aliphatic hydroxyl groups excluding tert-OH is 3. The summed E-state index contributed by atoms with van der Waals surface area (Å²) in [6, 6.07) is -0.747. The highest BCUT2D eigenvalue weighted by Gasteiger charge is 2.53. The zero-order chi connectivity index (χ0) is 13.4. The molecule has 1 rings (SSSR count). The number of carbonyl (C=O) groups is 1. The first-order valence-electron chi connectivity index (χ1n) is 5.28. The van der Waals surface area contributed by atoms with Gasteiger partial charge in [0.1, 0.15) is 12.1 Å². The molecule has 0 aromatic rings. The van der Waals surface area contributed by atoms with Crippen LogP contribution in [0.25, 0.3) is 0 Å². The largest absolute Gasteiger partial charge is 0.467 e.